The van der Waals surface area contributed by atoms with Gasteiger partial charge in [0.15, 0.2) is 5.82 Å². The van der Waals surface area contributed by atoms with Gasteiger partial charge in [-0.25, -0.2) is 17.8 Å². The number of morpholine rings is 1. The van der Waals surface area contributed by atoms with E-state index >= 15 is 0 Å². The van der Waals surface area contributed by atoms with Gasteiger partial charge in [-0.2, -0.15) is 9.40 Å². The summed E-state index contributed by atoms with van der Waals surface area (Å²) in [6, 6.07) is 2.53. The van der Waals surface area contributed by atoms with Gasteiger partial charge in [0.05, 0.1) is 18.7 Å². The van der Waals surface area contributed by atoms with Crippen molar-refractivity contribution in [2.75, 3.05) is 19.8 Å². The van der Waals surface area contributed by atoms with Gasteiger partial charge >= 0.3 is 0 Å². The molecule has 4 rings (SSSR count). The lowest BCUT2D eigenvalue weighted by Gasteiger charge is -2.31. The average Bonchev–Trinajstić information content (AvgIpc) is 3.23. The molecule has 3 heterocycles. The van der Waals surface area contributed by atoms with Crippen LogP contribution in [0.4, 0.5) is 4.39 Å². The maximum absolute atomic E-state index is 14.6. The molecule has 1 atom stereocenters. The zero-order valence-electron chi connectivity index (χ0n) is 15.2. The van der Waals surface area contributed by atoms with Crippen LogP contribution in [-0.4, -0.2) is 58.3 Å². The molecule has 0 amide bonds. The van der Waals surface area contributed by atoms with Gasteiger partial charge in [0, 0.05) is 30.6 Å². The second kappa shape index (κ2) is 6.39. The molecule has 1 fully saturated rings. The highest BCUT2D eigenvalue weighted by molar-refractivity contribution is 7.89. The number of aromatic nitrogens is 4. The first-order chi connectivity index (χ1) is 12.8. The Labute approximate surface area is 156 Å². The lowest BCUT2D eigenvalue weighted by molar-refractivity contribution is 0.0392. The van der Waals surface area contributed by atoms with E-state index in [1.165, 1.54) is 16.4 Å². The summed E-state index contributed by atoms with van der Waals surface area (Å²) in [4.78, 5) is 7.00. The van der Waals surface area contributed by atoms with Crippen molar-refractivity contribution < 1.29 is 17.5 Å². The molecule has 0 radical (unpaired) electrons. The van der Waals surface area contributed by atoms with E-state index in [0.717, 1.165) is 0 Å². The fourth-order valence-corrected chi connectivity index (χ4v) is 5.05. The summed E-state index contributed by atoms with van der Waals surface area (Å²) in [7, 11) is -2.08. The topological polar surface area (TPSA) is 93.1 Å². The zero-order chi connectivity index (χ0) is 19.3. The summed E-state index contributed by atoms with van der Waals surface area (Å²) in [5.74, 6) is -0.0960. The molecule has 0 saturated carbocycles. The van der Waals surface area contributed by atoms with Crippen LogP contribution in [0.15, 0.2) is 23.5 Å². The first-order valence-corrected chi connectivity index (χ1v) is 10.0. The molecule has 1 aromatic carbocycles. The third kappa shape index (κ3) is 2.93. The summed E-state index contributed by atoms with van der Waals surface area (Å²) in [6.45, 7) is 4.46. The van der Waals surface area contributed by atoms with E-state index in [0.29, 0.717) is 35.6 Å². The number of sulfonamides is 1. The number of halogens is 1. The Morgan fingerprint density at radius 2 is 2.15 bits per heavy atom. The average molecular weight is 393 g/mol. The van der Waals surface area contributed by atoms with Crippen LogP contribution in [0.2, 0.25) is 0 Å². The largest absolute Gasteiger partial charge is 0.378 e. The molecule has 1 saturated heterocycles. The van der Waals surface area contributed by atoms with E-state index in [-0.39, 0.29) is 23.1 Å². The fraction of sp³-hybridized carbons (Fsp3) is 0.412. The minimum Gasteiger partial charge on any atom is -0.378 e. The van der Waals surface area contributed by atoms with Crippen molar-refractivity contribution in [1.29, 1.82) is 0 Å². The number of benzene rings is 1. The van der Waals surface area contributed by atoms with Crippen LogP contribution in [0.5, 0.6) is 0 Å². The second-order valence-corrected chi connectivity index (χ2v) is 8.61. The molecule has 1 aliphatic heterocycles. The van der Waals surface area contributed by atoms with Gasteiger partial charge in [-0.1, -0.05) is 0 Å². The van der Waals surface area contributed by atoms with Crippen molar-refractivity contribution in [2.45, 2.75) is 24.9 Å². The molecule has 8 nitrogen and oxygen atoms in total. The van der Waals surface area contributed by atoms with Crippen molar-refractivity contribution in [2.24, 2.45) is 7.05 Å². The van der Waals surface area contributed by atoms with E-state index in [1.807, 2.05) is 0 Å². The van der Waals surface area contributed by atoms with E-state index in [9.17, 15) is 12.8 Å². The molecule has 1 aliphatic rings. The van der Waals surface area contributed by atoms with Crippen molar-refractivity contribution in [3.05, 3.63) is 29.8 Å². The summed E-state index contributed by atoms with van der Waals surface area (Å²) < 4.78 is 49.0. The summed E-state index contributed by atoms with van der Waals surface area (Å²) >= 11 is 0. The molecule has 1 unspecified atom stereocenters. The number of H-pyrrole nitrogens is 1. The van der Waals surface area contributed by atoms with Gasteiger partial charge in [-0.05, 0) is 31.5 Å². The van der Waals surface area contributed by atoms with Gasteiger partial charge in [-0.3, -0.25) is 4.68 Å². The SMILES string of the molecule is Cc1cc(F)c2[nH]c(S(=O)(=O)N3CCOCC3C)cc2c1-c1ncn(C)n1. The third-order valence-electron chi connectivity index (χ3n) is 4.76. The molecule has 10 heteroatoms. The second-order valence-electron chi connectivity index (χ2n) is 6.75. The van der Waals surface area contributed by atoms with Gasteiger partial charge in [0.2, 0.25) is 0 Å². The summed E-state index contributed by atoms with van der Waals surface area (Å²) in [5.41, 5.74) is 1.37. The van der Waals surface area contributed by atoms with E-state index in [2.05, 4.69) is 15.1 Å². The van der Waals surface area contributed by atoms with Crippen LogP contribution in [0.1, 0.15) is 12.5 Å². The number of ether oxygens (including phenoxy) is 1. The first kappa shape index (κ1) is 18.1. The molecule has 27 heavy (non-hydrogen) atoms. The van der Waals surface area contributed by atoms with Crippen LogP contribution in [0, 0.1) is 12.7 Å². The van der Waals surface area contributed by atoms with Crippen LogP contribution < -0.4 is 0 Å². The molecule has 0 aliphatic carbocycles. The van der Waals surface area contributed by atoms with E-state index < -0.39 is 15.8 Å². The number of hydrogen-bond donors (Lipinski definition) is 1. The Bertz CT molecular complexity index is 1120. The van der Waals surface area contributed by atoms with Gasteiger partial charge in [0.1, 0.15) is 17.2 Å². The minimum atomic E-state index is -3.81. The van der Waals surface area contributed by atoms with Crippen LogP contribution in [-0.2, 0) is 21.8 Å². The fourth-order valence-electron chi connectivity index (χ4n) is 3.45. The molecule has 2 aromatic heterocycles. The number of fused-ring (bicyclic) bond motifs is 1. The van der Waals surface area contributed by atoms with Crippen molar-refractivity contribution in [3.8, 4) is 11.4 Å². The summed E-state index contributed by atoms with van der Waals surface area (Å²) in [5, 5.41) is 4.68. The molecule has 0 spiro atoms. The highest BCUT2D eigenvalue weighted by Crippen LogP contribution is 2.34. The Morgan fingerprint density at radius 1 is 1.37 bits per heavy atom. The highest BCUT2D eigenvalue weighted by Gasteiger charge is 2.33. The Morgan fingerprint density at radius 3 is 2.81 bits per heavy atom. The molecular formula is C17H20FN5O3S. The monoisotopic (exact) mass is 393 g/mol. The highest BCUT2D eigenvalue weighted by atomic mass is 32.2. The van der Waals surface area contributed by atoms with Crippen LogP contribution in [0.3, 0.4) is 0 Å². The van der Waals surface area contributed by atoms with Crippen molar-refractivity contribution >= 4 is 20.9 Å². The zero-order valence-corrected chi connectivity index (χ0v) is 16.0. The maximum Gasteiger partial charge on any atom is 0.258 e. The predicted molar refractivity (Wildman–Crippen MR) is 97.2 cm³/mol. The normalized spacial score (nSPS) is 19.0. The van der Waals surface area contributed by atoms with Crippen molar-refractivity contribution in [3.63, 3.8) is 0 Å². The standard InChI is InChI=1S/C17H20FN5O3S/c1-10-6-13(18)16-12(15(10)17-19-9-22(3)21-17)7-14(20-16)27(24,25)23-4-5-26-8-11(23)2/h6-7,9,11,20H,4-5,8H2,1-3H3. The number of rotatable bonds is 3. The maximum atomic E-state index is 14.6. The Kier molecular flexibility index (Phi) is 4.28. The number of nitrogens with zero attached hydrogens (tertiary/aromatic N) is 4. The number of hydrogen-bond acceptors (Lipinski definition) is 5. The molecule has 144 valence electrons. The Balaban J connectivity index is 1.91. The lowest BCUT2D eigenvalue weighted by atomic mass is 10.0. The van der Waals surface area contributed by atoms with Gasteiger partial charge in [0.25, 0.3) is 10.0 Å². The van der Waals surface area contributed by atoms with Crippen LogP contribution in [0.25, 0.3) is 22.3 Å². The third-order valence-corrected chi connectivity index (χ3v) is 6.69. The van der Waals surface area contributed by atoms with Crippen molar-refractivity contribution in [1.82, 2.24) is 24.1 Å². The number of nitrogens with one attached hydrogen (secondary N) is 1. The predicted octanol–water partition coefficient (Wildman–Crippen LogP) is 1.82. The molecule has 0 bridgehead atoms. The number of aryl methyl sites for hydroxylation is 2. The smallest absolute Gasteiger partial charge is 0.258 e. The van der Waals surface area contributed by atoms with Crippen LogP contribution >= 0.6 is 0 Å². The Hall–Kier alpha value is -2.30. The summed E-state index contributed by atoms with van der Waals surface area (Å²) in [6.07, 6.45) is 1.55. The van der Waals surface area contributed by atoms with E-state index in [4.69, 9.17) is 4.74 Å². The van der Waals surface area contributed by atoms with Gasteiger partial charge < -0.3 is 9.72 Å². The molecule has 3 aromatic rings. The first-order valence-electron chi connectivity index (χ1n) is 8.56. The lowest BCUT2D eigenvalue weighted by Crippen LogP contribution is -2.47. The molecular weight excluding hydrogens is 373 g/mol. The minimum absolute atomic E-state index is 0.0482. The van der Waals surface area contributed by atoms with Gasteiger partial charge in [-0.15, -0.1) is 0 Å². The molecule has 1 N–H and O–H groups in total. The quantitative estimate of drug-likeness (QED) is 0.733. The number of aromatic amines is 1. The van der Waals surface area contributed by atoms with E-state index in [1.54, 1.807) is 31.9 Å².